The molecule has 6 amide bonds. The van der Waals surface area contributed by atoms with E-state index in [2.05, 4.69) is 35.7 Å². The number of nitrogens with zero attached hydrogens (tertiary/aromatic N) is 5. The van der Waals surface area contributed by atoms with E-state index in [9.17, 15) is 28.8 Å². The first kappa shape index (κ1) is 47.0. The highest BCUT2D eigenvalue weighted by molar-refractivity contribution is 7.18. The van der Waals surface area contributed by atoms with Crippen molar-refractivity contribution in [1.29, 1.82) is 0 Å². The predicted octanol–water partition coefficient (Wildman–Crippen LogP) is 8.39. The van der Waals surface area contributed by atoms with Gasteiger partial charge < -0.3 is 25.5 Å². The van der Waals surface area contributed by atoms with Gasteiger partial charge in [0.2, 0.25) is 0 Å². The zero-order valence-corrected chi connectivity index (χ0v) is 39.0. The second kappa shape index (κ2) is 21.4. The fourth-order valence-corrected chi connectivity index (χ4v) is 10.2. The highest BCUT2D eigenvalue weighted by Gasteiger charge is 2.39. The molecule has 2 fully saturated rings. The van der Waals surface area contributed by atoms with Crippen molar-refractivity contribution in [2.45, 2.75) is 25.7 Å². The van der Waals surface area contributed by atoms with Crippen molar-refractivity contribution in [2.24, 2.45) is 11.8 Å². The molecule has 10 rings (SSSR count). The molecule has 0 saturated carbocycles. The van der Waals surface area contributed by atoms with Crippen LogP contribution in [0, 0.1) is 11.8 Å². The lowest BCUT2D eigenvalue weighted by molar-refractivity contribution is 0.0620. The van der Waals surface area contributed by atoms with Crippen LogP contribution in [0.4, 0.5) is 22.7 Å². The first-order valence-corrected chi connectivity index (χ1v) is 23.9. The molecular weight excluding hydrogens is 936 g/mol. The predicted molar refractivity (Wildman–Crippen MR) is 260 cm³/mol. The van der Waals surface area contributed by atoms with Gasteiger partial charge in [-0.15, -0.1) is 22.7 Å². The number of aliphatic hydroxyl groups is 1. The molecule has 0 aliphatic carbocycles. The quantitative estimate of drug-likeness (QED) is 0.102. The number of imide groups is 2. The maximum Gasteiger partial charge on any atom is 0.265 e. The summed E-state index contributed by atoms with van der Waals surface area (Å²) < 4.78 is 1.01. The van der Waals surface area contributed by atoms with Crippen LogP contribution in [0.3, 0.4) is 0 Å². The second-order valence-corrected chi connectivity index (χ2v) is 19.5. The van der Waals surface area contributed by atoms with Gasteiger partial charge in [0.25, 0.3) is 35.4 Å². The zero-order valence-electron chi connectivity index (χ0n) is 35.8. The molecule has 0 atom stereocenters. The monoisotopic (exact) mass is 978 g/mol. The first-order valence-electron chi connectivity index (χ1n) is 21.5. The summed E-state index contributed by atoms with van der Waals surface area (Å²) >= 11 is 14.0. The number of hydrogen-bond acceptors (Lipinski definition) is 13. The number of amides is 6. The van der Waals surface area contributed by atoms with Gasteiger partial charge in [-0.25, -0.2) is 0 Å². The molecule has 0 bridgehead atoms. The fourth-order valence-electron chi connectivity index (χ4n) is 8.28. The number of piperidine rings is 2. The van der Waals surface area contributed by atoms with Crippen LogP contribution in [0.2, 0.25) is 8.67 Å². The average molecular weight is 980 g/mol. The Morgan fingerprint density at radius 1 is 0.612 bits per heavy atom. The summed E-state index contributed by atoms with van der Waals surface area (Å²) in [6, 6.07) is 24.2. The molecule has 4 aliphatic heterocycles. The van der Waals surface area contributed by atoms with Crippen molar-refractivity contribution in [3.63, 3.8) is 0 Å². The summed E-state index contributed by atoms with van der Waals surface area (Å²) in [5.74, 6) is -1.62. The molecule has 19 heteroatoms. The van der Waals surface area contributed by atoms with E-state index < -0.39 is 11.8 Å². The van der Waals surface area contributed by atoms with Crippen molar-refractivity contribution < 1.29 is 33.9 Å². The van der Waals surface area contributed by atoms with Gasteiger partial charge >= 0.3 is 0 Å². The van der Waals surface area contributed by atoms with Crippen LogP contribution in [0.1, 0.15) is 86.5 Å². The maximum atomic E-state index is 13.2. The summed E-state index contributed by atoms with van der Waals surface area (Å²) in [5, 5.41) is 16.6. The number of anilines is 4. The summed E-state index contributed by atoms with van der Waals surface area (Å²) in [6.07, 6.45) is 11.2. The maximum absolute atomic E-state index is 13.2. The molecule has 8 heterocycles. The van der Waals surface area contributed by atoms with Crippen molar-refractivity contribution >= 4 is 104 Å². The van der Waals surface area contributed by atoms with Crippen molar-refractivity contribution in [1.82, 2.24) is 20.2 Å². The van der Waals surface area contributed by atoms with E-state index in [4.69, 9.17) is 28.3 Å². The normalized spacial score (nSPS) is 15.8. The van der Waals surface area contributed by atoms with E-state index in [1.54, 1.807) is 67.0 Å². The summed E-state index contributed by atoms with van der Waals surface area (Å²) in [4.78, 5) is 89.0. The van der Waals surface area contributed by atoms with Gasteiger partial charge in [-0.2, -0.15) is 0 Å². The molecule has 2 saturated heterocycles. The van der Waals surface area contributed by atoms with E-state index in [0.717, 1.165) is 80.2 Å². The van der Waals surface area contributed by atoms with Crippen LogP contribution < -0.4 is 25.8 Å². The van der Waals surface area contributed by atoms with E-state index in [0.29, 0.717) is 54.4 Å². The van der Waals surface area contributed by atoms with Crippen LogP contribution in [0.15, 0.2) is 110 Å². The minimum atomic E-state index is -0.509. The van der Waals surface area contributed by atoms with E-state index >= 15 is 0 Å². The van der Waals surface area contributed by atoms with Crippen molar-refractivity contribution in [3.8, 4) is 0 Å². The molecule has 4 aromatic heterocycles. The van der Waals surface area contributed by atoms with Crippen molar-refractivity contribution in [3.05, 3.63) is 150 Å². The minimum Gasteiger partial charge on any atom is -0.396 e. The lowest BCUT2D eigenvalue weighted by Gasteiger charge is -2.34. The van der Waals surface area contributed by atoms with Gasteiger partial charge in [-0.1, -0.05) is 35.3 Å². The number of nitrogens with one attached hydrogen (secondary N) is 3. The average Bonchev–Trinajstić information content (AvgIpc) is 4.13. The Balaban J connectivity index is 0.000000151. The van der Waals surface area contributed by atoms with Crippen LogP contribution in [0.25, 0.3) is 0 Å². The second-order valence-electron chi connectivity index (χ2n) is 16.0. The minimum absolute atomic E-state index is 0.188. The highest BCUT2D eigenvalue weighted by atomic mass is 35.5. The number of halogens is 2. The third-order valence-corrected chi connectivity index (χ3v) is 14.3. The van der Waals surface area contributed by atoms with E-state index in [1.165, 1.54) is 16.7 Å². The topological polar surface area (TPSA) is 194 Å². The fraction of sp³-hybridized carbons (Fsp3) is 0.250. The molecule has 67 heavy (non-hydrogen) atoms. The Hall–Kier alpha value is -6.50. The Labute approximate surface area is 403 Å². The number of benzene rings is 2. The number of thiophene rings is 2. The van der Waals surface area contributed by atoms with Gasteiger partial charge in [0.1, 0.15) is 0 Å². The third kappa shape index (κ3) is 11.0. The summed E-state index contributed by atoms with van der Waals surface area (Å²) in [6.45, 7) is 4.55. The largest absolute Gasteiger partial charge is 0.396 e. The Kier molecular flexibility index (Phi) is 15.0. The number of fused-ring (bicyclic) bond motifs is 2. The molecule has 0 unspecified atom stereocenters. The number of rotatable bonds is 9. The lowest BCUT2D eigenvalue weighted by Crippen LogP contribution is -2.40. The SMILES string of the molecule is O=C(Nc1cccc2c1C(=O)N(CC1CCN(c3ccncc3)CC1)C2=O)c1ccc(Cl)s1.O=C(Nc1cccc2c1C(=O)NC2=O)c1ccc(Cl)s1.OCC1CCN(c2ccncc2)CC1. The zero-order chi connectivity index (χ0) is 47.0. The Morgan fingerprint density at radius 2 is 1.09 bits per heavy atom. The van der Waals surface area contributed by atoms with E-state index in [-0.39, 0.29) is 46.2 Å². The molecule has 4 aliphatic rings. The van der Waals surface area contributed by atoms with Gasteiger partial charge in [-0.3, -0.25) is 49.0 Å². The molecule has 2 aromatic carbocycles. The van der Waals surface area contributed by atoms with Gasteiger partial charge in [0.05, 0.1) is 52.1 Å². The molecule has 0 radical (unpaired) electrons. The standard InChI is InChI=1S/C24H21ClN4O3S.C13H7ClN2O3S.C11H16N2O/c25-20-5-4-19(33-20)22(30)27-18-3-1-2-17-21(18)24(32)29(23(17)31)14-15-8-12-28(13-9-15)16-6-10-26-11-7-16;14-9-5-4-8(20-9)12(18)15-7-3-1-2-6-10(7)13(19)16-11(6)17;14-9-10-3-7-13(8-4-10)11-1-5-12-6-2-11/h1-7,10-11,15H,8-9,12-14H2,(H,27,30);1-5H,(H,15,18)(H,16,17,19);1-2,5-6,10,14H,3-4,7-9H2. The molecule has 15 nitrogen and oxygen atoms in total. The van der Waals surface area contributed by atoms with Crippen LogP contribution in [0.5, 0.6) is 0 Å². The molecule has 0 spiro atoms. The van der Waals surface area contributed by atoms with Gasteiger partial charge in [-0.05, 0) is 110 Å². The highest BCUT2D eigenvalue weighted by Crippen LogP contribution is 2.33. The van der Waals surface area contributed by atoms with Crippen LogP contribution in [-0.2, 0) is 0 Å². The first-order chi connectivity index (χ1) is 32.5. The Morgan fingerprint density at radius 3 is 1.57 bits per heavy atom. The number of aliphatic hydroxyl groups excluding tert-OH is 1. The van der Waals surface area contributed by atoms with E-state index in [1.807, 2.05) is 36.7 Å². The molecule has 344 valence electrons. The number of carbonyl (C=O) groups excluding carboxylic acids is 6. The smallest absolute Gasteiger partial charge is 0.265 e. The molecule has 6 aromatic rings. The number of pyridine rings is 2. The lowest BCUT2D eigenvalue weighted by atomic mass is 9.96. The summed E-state index contributed by atoms with van der Waals surface area (Å²) in [7, 11) is 0. The van der Waals surface area contributed by atoms with Crippen molar-refractivity contribution in [2.75, 3.05) is 59.8 Å². The number of hydrogen-bond donors (Lipinski definition) is 4. The Bertz CT molecular complexity index is 2790. The third-order valence-electron chi connectivity index (χ3n) is 11.8. The van der Waals surface area contributed by atoms with Crippen LogP contribution in [-0.4, -0.2) is 94.7 Å². The molecule has 4 N–H and O–H groups in total. The van der Waals surface area contributed by atoms with Gasteiger partial charge in [0, 0.05) is 75.5 Å². The van der Waals surface area contributed by atoms with Crippen LogP contribution >= 0.6 is 45.9 Å². The number of aromatic nitrogens is 2. The van der Waals surface area contributed by atoms with Gasteiger partial charge in [0.15, 0.2) is 0 Å². The summed E-state index contributed by atoms with van der Waals surface area (Å²) in [5.41, 5.74) is 4.07. The number of carbonyl (C=O) groups is 6. The molecular formula is C48H44Cl2N8O7S2.